The van der Waals surface area contributed by atoms with E-state index in [2.05, 4.69) is 11.6 Å². The zero-order chi connectivity index (χ0) is 18.9. The maximum absolute atomic E-state index is 13.6. The van der Waals surface area contributed by atoms with Gasteiger partial charge in [-0.1, -0.05) is 43.3 Å². The van der Waals surface area contributed by atoms with Gasteiger partial charge in [-0.15, -0.1) is 17.9 Å². The number of fused-ring (bicyclic) bond motifs is 1. The summed E-state index contributed by atoms with van der Waals surface area (Å²) in [7, 11) is 3.47. The fourth-order valence-corrected chi connectivity index (χ4v) is 4.34. The fraction of sp³-hybridized carbons (Fsp3) is 0.238. The summed E-state index contributed by atoms with van der Waals surface area (Å²) in [5, 5.41) is 0.663. The van der Waals surface area contributed by atoms with Gasteiger partial charge in [0.05, 0.1) is 10.2 Å². The maximum Gasteiger partial charge on any atom is 0.233 e. The van der Waals surface area contributed by atoms with Crippen molar-refractivity contribution in [3.8, 4) is 0 Å². The van der Waals surface area contributed by atoms with Gasteiger partial charge in [-0.25, -0.2) is 9.37 Å². The predicted octanol–water partition coefficient (Wildman–Crippen LogP) is 4.75. The molecule has 0 aliphatic carbocycles. The number of benzene rings is 2. The minimum atomic E-state index is -0.644. The summed E-state index contributed by atoms with van der Waals surface area (Å²) in [5.41, 5.74) is 1.04. The molecule has 0 unspecified atom stereocenters. The SMILES string of the molecule is C=C[C@@](C)(c1ccccc1)[C@@H](C(=O)N(C)C)c1nc2ccc(F)cc2s1. The minimum Gasteiger partial charge on any atom is -0.348 e. The van der Waals surface area contributed by atoms with Crippen molar-refractivity contribution in [1.82, 2.24) is 9.88 Å². The van der Waals surface area contributed by atoms with E-state index < -0.39 is 11.3 Å². The topological polar surface area (TPSA) is 33.2 Å². The molecule has 3 aromatic rings. The lowest BCUT2D eigenvalue weighted by atomic mass is 9.71. The van der Waals surface area contributed by atoms with E-state index in [1.54, 1.807) is 31.1 Å². The standard InChI is InChI=1S/C21H21FN2OS/c1-5-21(2,14-9-7-6-8-10-14)18(20(25)24(3)4)19-23-16-12-11-15(22)13-17(16)26-19/h5-13,18H,1H2,2-4H3/t18-,21+/m1/s1. The number of thiazole rings is 1. The number of hydrogen-bond donors (Lipinski definition) is 0. The van der Waals surface area contributed by atoms with Crippen LogP contribution in [-0.2, 0) is 10.2 Å². The molecule has 2 atom stereocenters. The van der Waals surface area contributed by atoms with E-state index in [9.17, 15) is 9.18 Å². The third-order valence-corrected chi connectivity index (χ3v) is 5.80. The van der Waals surface area contributed by atoms with Crippen LogP contribution in [0.15, 0.2) is 61.2 Å². The van der Waals surface area contributed by atoms with Crippen molar-refractivity contribution >= 4 is 27.5 Å². The molecule has 3 nitrogen and oxygen atoms in total. The Hall–Kier alpha value is -2.53. The van der Waals surface area contributed by atoms with Crippen molar-refractivity contribution in [3.63, 3.8) is 0 Å². The number of carbonyl (C=O) groups is 1. The number of aromatic nitrogens is 1. The molecule has 26 heavy (non-hydrogen) atoms. The van der Waals surface area contributed by atoms with E-state index in [0.29, 0.717) is 10.5 Å². The van der Waals surface area contributed by atoms with Crippen LogP contribution in [0.5, 0.6) is 0 Å². The predicted molar refractivity (Wildman–Crippen MR) is 105 cm³/mol. The van der Waals surface area contributed by atoms with E-state index in [1.165, 1.54) is 23.5 Å². The number of amides is 1. The Morgan fingerprint density at radius 2 is 1.96 bits per heavy atom. The number of nitrogens with zero attached hydrogens (tertiary/aromatic N) is 2. The summed E-state index contributed by atoms with van der Waals surface area (Å²) >= 11 is 1.36. The molecule has 2 aromatic carbocycles. The zero-order valence-electron chi connectivity index (χ0n) is 15.1. The number of carbonyl (C=O) groups excluding carboxylic acids is 1. The second-order valence-corrected chi connectivity index (χ2v) is 7.74. The highest BCUT2D eigenvalue weighted by Crippen LogP contribution is 2.43. The van der Waals surface area contributed by atoms with Crippen LogP contribution < -0.4 is 0 Å². The molecule has 0 aliphatic rings. The van der Waals surface area contributed by atoms with Gasteiger partial charge in [-0.2, -0.15) is 0 Å². The lowest BCUT2D eigenvalue weighted by Gasteiger charge is -2.35. The van der Waals surface area contributed by atoms with Crippen molar-refractivity contribution in [2.24, 2.45) is 0 Å². The van der Waals surface area contributed by atoms with E-state index in [4.69, 9.17) is 0 Å². The summed E-state index contributed by atoms with van der Waals surface area (Å²) in [5.74, 6) is -0.911. The van der Waals surface area contributed by atoms with Crippen LogP contribution in [0.1, 0.15) is 23.4 Å². The molecule has 0 spiro atoms. The number of hydrogen-bond acceptors (Lipinski definition) is 3. The fourth-order valence-electron chi connectivity index (χ4n) is 3.12. The van der Waals surface area contributed by atoms with Crippen molar-refractivity contribution in [1.29, 1.82) is 0 Å². The van der Waals surface area contributed by atoms with E-state index in [-0.39, 0.29) is 11.7 Å². The van der Waals surface area contributed by atoms with Crippen LogP contribution in [0.2, 0.25) is 0 Å². The van der Waals surface area contributed by atoms with Gasteiger partial charge in [0, 0.05) is 19.5 Å². The molecule has 0 bridgehead atoms. The molecule has 1 amide bonds. The van der Waals surface area contributed by atoms with Crippen molar-refractivity contribution in [2.45, 2.75) is 18.3 Å². The van der Waals surface area contributed by atoms with Crippen molar-refractivity contribution in [3.05, 3.63) is 77.6 Å². The molecule has 134 valence electrons. The number of allylic oxidation sites excluding steroid dienone is 1. The van der Waals surface area contributed by atoms with Crippen LogP contribution in [0.4, 0.5) is 4.39 Å². The normalized spacial score (nSPS) is 14.6. The van der Waals surface area contributed by atoms with Crippen LogP contribution in [0.25, 0.3) is 10.2 Å². The second-order valence-electron chi connectivity index (χ2n) is 6.68. The number of halogens is 1. The summed E-state index contributed by atoms with van der Waals surface area (Å²) in [6.45, 7) is 6.01. The average molecular weight is 368 g/mol. The van der Waals surface area contributed by atoms with Crippen LogP contribution in [0, 0.1) is 5.82 Å². The first-order chi connectivity index (χ1) is 12.4. The molecule has 1 heterocycles. The Balaban J connectivity index is 2.21. The Morgan fingerprint density at radius 1 is 1.27 bits per heavy atom. The molecule has 0 N–H and O–H groups in total. The third kappa shape index (κ3) is 3.15. The van der Waals surface area contributed by atoms with Gasteiger partial charge in [0.2, 0.25) is 5.91 Å². The average Bonchev–Trinajstić information content (AvgIpc) is 3.04. The molecule has 0 radical (unpaired) electrons. The minimum absolute atomic E-state index is 0.0595. The van der Waals surface area contributed by atoms with E-state index >= 15 is 0 Å². The Kier molecular flexibility index (Phi) is 4.92. The molecule has 0 saturated carbocycles. The Labute approximate surface area is 156 Å². The highest BCUT2D eigenvalue weighted by atomic mass is 32.1. The monoisotopic (exact) mass is 368 g/mol. The molecule has 1 aromatic heterocycles. The maximum atomic E-state index is 13.6. The van der Waals surface area contributed by atoms with Gasteiger partial charge < -0.3 is 4.90 Å². The first-order valence-electron chi connectivity index (χ1n) is 8.33. The first-order valence-corrected chi connectivity index (χ1v) is 9.14. The van der Waals surface area contributed by atoms with E-state index in [0.717, 1.165) is 10.3 Å². The zero-order valence-corrected chi connectivity index (χ0v) is 15.9. The molecule has 0 saturated heterocycles. The van der Waals surface area contributed by atoms with E-state index in [1.807, 2.05) is 37.3 Å². The molecular weight excluding hydrogens is 347 g/mol. The number of rotatable bonds is 5. The highest BCUT2D eigenvalue weighted by Gasteiger charge is 2.42. The van der Waals surface area contributed by atoms with Crippen molar-refractivity contribution in [2.75, 3.05) is 14.1 Å². The molecular formula is C21H21FN2OS. The van der Waals surface area contributed by atoms with Gasteiger partial charge in [-0.3, -0.25) is 4.79 Å². The van der Waals surface area contributed by atoms with Crippen LogP contribution >= 0.6 is 11.3 Å². The largest absolute Gasteiger partial charge is 0.348 e. The molecule has 0 aliphatic heterocycles. The molecule has 5 heteroatoms. The smallest absolute Gasteiger partial charge is 0.233 e. The highest BCUT2D eigenvalue weighted by molar-refractivity contribution is 7.18. The summed E-state index contributed by atoms with van der Waals surface area (Å²) < 4.78 is 14.3. The quantitative estimate of drug-likeness (QED) is 0.609. The molecule has 3 rings (SSSR count). The summed E-state index contributed by atoms with van der Waals surface area (Å²) in [4.78, 5) is 19.4. The third-order valence-electron chi connectivity index (χ3n) is 4.72. The molecule has 0 fully saturated rings. The lowest BCUT2D eigenvalue weighted by molar-refractivity contribution is -0.131. The van der Waals surface area contributed by atoms with Crippen LogP contribution in [-0.4, -0.2) is 29.9 Å². The van der Waals surface area contributed by atoms with Gasteiger partial charge in [-0.05, 0) is 23.8 Å². The van der Waals surface area contributed by atoms with Crippen molar-refractivity contribution < 1.29 is 9.18 Å². The first kappa shape index (κ1) is 18.3. The lowest BCUT2D eigenvalue weighted by Crippen LogP contribution is -2.40. The summed E-state index contributed by atoms with van der Waals surface area (Å²) in [6.07, 6.45) is 1.81. The second kappa shape index (κ2) is 7.00. The van der Waals surface area contributed by atoms with Gasteiger partial charge in [0.15, 0.2) is 0 Å². The Morgan fingerprint density at radius 3 is 2.58 bits per heavy atom. The van der Waals surface area contributed by atoms with Gasteiger partial charge in [0.1, 0.15) is 16.7 Å². The van der Waals surface area contributed by atoms with Gasteiger partial charge >= 0.3 is 0 Å². The summed E-state index contributed by atoms with van der Waals surface area (Å²) in [6, 6.07) is 14.3. The van der Waals surface area contributed by atoms with Crippen LogP contribution in [0.3, 0.4) is 0 Å². The Bertz CT molecular complexity index is 951. The number of likely N-dealkylation sites (N-methyl/N-ethyl adjacent to an activating group) is 1. The van der Waals surface area contributed by atoms with Gasteiger partial charge in [0.25, 0.3) is 0 Å².